The van der Waals surface area contributed by atoms with E-state index in [9.17, 15) is 21.6 Å². The van der Waals surface area contributed by atoms with Gasteiger partial charge in [0, 0.05) is 24.7 Å². The summed E-state index contributed by atoms with van der Waals surface area (Å²) in [5.74, 6) is 0.123. The monoisotopic (exact) mass is 478 g/mol. The van der Waals surface area contributed by atoms with Gasteiger partial charge in [0.05, 0.1) is 10.5 Å². The topological polar surface area (TPSA) is 107 Å². The molecule has 0 saturated heterocycles. The minimum Gasteiger partial charge on any atom is -0.391 e. The molecule has 1 unspecified atom stereocenters. The molecular formula is C16H14BrF3N4O3S. The number of benzene rings is 1. The molecule has 0 fully saturated rings. The highest BCUT2D eigenvalue weighted by molar-refractivity contribution is 9.18. The van der Waals surface area contributed by atoms with Crippen LogP contribution in [-0.4, -0.2) is 24.1 Å². The van der Waals surface area contributed by atoms with Gasteiger partial charge in [0.15, 0.2) is 0 Å². The molecule has 0 saturated carbocycles. The maximum absolute atomic E-state index is 12.6. The van der Waals surface area contributed by atoms with Crippen LogP contribution >= 0.6 is 15.9 Å². The van der Waals surface area contributed by atoms with Crippen molar-refractivity contribution in [1.82, 2.24) is 4.98 Å². The van der Waals surface area contributed by atoms with Crippen LogP contribution in [0.25, 0.3) is 0 Å². The van der Waals surface area contributed by atoms with Crippen molar-refractivity contribution >= 4 is 42.1 Å². The van der Waals surface area contributed by atoms with Crippen molar-refractivity contribution in [3.63, 3.8) is 0 Å². The summed E-state index contributed by atoms with van der Waals surface area (Å²) in [7, 11) is -4.04. The molecule has 0 bridgehead atoms. The van der Waals surface area contributed by atoms with Crippen molar-refractivity contribution in [2.24, 2.45) is 10.3 Å². The second-order valence-corrected chi connectivity index (χ2v) is 8.47. The van der Waals surface area contributed by atoms with Gasteiger partial charge in [-0.2, -0.15) is 13.2 Å². The lowest BCUT2D eigenvalue weighted by molar-refractivity contribution is -0.137. The maximum atomic E-state index is 12.6. The van der Waals surface area contributed by atoms with Gasteiger partial charge in [0.2, 0.25) is 10.0 Å². The van der Waals surface area contributed by atoms with Crippen molar-refractivity contribution in [3.8, 4) is 0 Å². The molecule has 3 N–H and O–H groups in total. The minimum atomic E-state index is -4.49. The molecule has 2 aromatic rings. The Kier molecular flexibility index (Phi) is 5.64. The second-order valence-electron chi connectivity index (χ2n) is 6.03. The summed E-state index contributed by atoms with van der Waals surface area (Å²) in [6, 6.07) is 6.46. The molecule has 150 valence electrons. The van der Waals surface area contributed by atoms with Gasteiger partial charge < -0.3 is 10.2 Å². The number of pyridine rings is 1. The van der Waals surface area contributed by atoms with Gasteiger partial charge in [-0.1, -0.05) is 11.2 Å². The molecule has 1 aromatic carbocycles. The van der Waals surface area contributed by atoms with E-state index in [0.717, 1.165) is 12.1 Å². The lowest BCUT2D eigenvalue weighted by Crippen LogP contribution is -2.18. The Morgan fingerprint density at radius 1 is 1.29 bits per heavy atom. The number of rotatable bonds is 5. The van der Waals surface area contributed by atoms with Crippen LogP contribution in [0, 0.1) is 0 Å². The first-order valence-electron chi connectivity index (χ1n) is 7.86. The zero-order valence-corrected chi connectivity index (χ0v) is 16.5. The molecule has 1 aliphatic rings. The van der Waals surface area contributed by atoms with E-state index in [4.69, 9.17) is 9.98 Å². The van der Waals surface area contributed by atoms with E-state index >= 15 is 0 Å². The van der Waals surface area contributed by atoms with Gasteiger partial charge in [-0.15, -0.1) is 0 Å². The number of nitrogens with one attached hydrogen (secondary N) is 1. The fourth-order valence-corrected chi connectivity index (χ4v) is 3.85. The first-order chi connectivity index (χ1) is 13.0. The number of oxime groups is 1. The number of sulfonamides is 1. The second kappa shape index (κ2) is 7.68. The first-order valence-corrected chi connectivity index (χ1v) is 10.2. The van der Waals surface area contributed by atoms with Crippen LogP contribution in [0.2, 0.25) is 0 Å². The number of alkyl halides is 3. The lowest BCUT2D eigenvalue weighted by Gasteiger charge is -2.14. The highest BCUT2D eigenvalue weighted by atomic mass is 79.9. The number of hydrogen-bond donors (Lipinski definition) is 2. The lowest BCUT2D eigenvalue weighted by atomic mass is 10.1. The van der Waals surface area contributed by atoms with Gasteiger partial charge >= 0.3 is 6.18 Å². The van der Waals surface area contributed by atoms with Gasteiger partial charge in [0.1, 0.15) is 16.5 Å². The average molecular weight is 479 g/mol. The SMILES string of the molecule is NS(=O)(=O)c1cc(Nc2ccc(C(F)(F)F)cn2)ccc1CC1CC(Br)=NO1. The summed E-state index contributed by atoms with van der Waals surface area (Å²) < 4.78 is 62.4. The van der Waals surface area contributed by atoms with Crippen LogP contribution < -0.4 is 10.5 Å². The normalized spacial score (nSPS) is 17.2. The molecule has 28 heavy (non-hydrogen) atoms. The van der Waals surface area contributed by atoms with E-state index in [2.05, 4.69) is 31.4 Å². The zero-order valence-electron chi connectivity index (χ0n) is 14.1. The average Bonchev–Trinajstić information content (AvgIpc) is 3.00. The molecule has 0 amide bonds. The first kappa shape index (κ1) is 20.6. The molecule has 0 spiro atoms. The van der Waals surface area contributed by atoms with E-state index in [1.165, 1.54) is 6.07 Å². The minimum absolute atomic E-state index is 0.115. The highest BCUT2D eigenvalue weighted by Gasteiger charge is 2.30. The summed E-state index contributed by atoms with van der Waals surface area (Å²) in [4.78, 5) is 8.77. The predicted molar refractivity (Wildman–Crippen MR) is 99.9 cm³/mol. The number of primary sulfonamides is 1. The summed E-state index contributed by atoms with van der Waals surface area (Å²) in [6.45, 7) is 0. The molecular weight excluding hydrogens is 465 g/mol. The van der Waals surface area contributed by atoms with E-state index < -0.39 is 21.8 Å². The third-order valence-electron chi connectivity index (χ3n) is 3.88. The van der Waals surface area contributed by atoms with Gasteiger partial charge in [0.25, 0.3) is 0 Å². The van der Waals surface area contributed by atoms with Gasteiger partial charge in [-0.3, -0.25) is 0 Å². The summed E-state index contributed by atoms with van der Waals surface area (Å²) in [5.41, 5.74) is -0.135. The summed E-state index contributed by atoms with van der Waals surface area (Å²) in [5, 5.41) is 11.8. The third kappa shape index (κ3) is 5.00. The maximum Gasteiger partial charge on any atom is 0.417 e. The summed E-state index contributed by atoms with van der Waals surface area (Å²) in [6.07, 6.45) is -3.37. The Morgan fingerprint density at radius 3 is 2.57 bits per heavy atom. The molecule has 3 rings (SSSR count). The Bertz CT molecular complexity index is 1010. The van der Waals surface area contributed by atoms with Crippen molar-refractivity contribution < 1.29 is 26.4 Å². The number of aromatic nitrogens is 1. The highest BCUT2D eigenvalue weighted by Crippen LogP contribution is 2.30. The largest absolute Gasteiger partial charge is 0.417 e. The van der Waals surface area contributed by atoms with Crippen LogP contribution in [0.1, 0.15) is 17.5 Å². The molecule has 7 nitrogen and oxygen atoms in total. The molecule has 1 atom stereocenters. The van der Waals surface area contributed by atoms with Gasteiger partial charge in [-0.05, 0) is 45.8 Å². The molecule has 0 aliphatic carbocycles. The van der Waals surface area contributed by atoms with Crippen molar-refractivity contribution in [2.75, 3.05) is 5.32 Å². The van der Waals surface area contributed by atoms with Crippen LogP contribution in [0.3, 0.4) is 0 Å². The van der Waals surface area contributed by atoms with Crippen LogP contribution in [0.15, 0.2) is 46.6 Å². The number of anilines is 2. The number of hydrogen-bond acceptors (Lipinski definition) is 6. The van der Waals surface area contributed by atoms with Crippen LogP contribution in [-0.2, 0) is 27.5 Å². The quantitative estimate of drug-likeness (QED) is 0.683. The van der Waals surface area contributed by atoms with Crippen LogP contribution in [0.5, 0.6) is 0 Å². The Labute approximate surface area is 167 Å². The number of nitrogens with two attached hydrogens (primary N) is 1. The number of nitrogens with zero attached hydrogens (tertiary/aromatic N) is 2. The van der Waals surface area contributed by atoms with Crippen molar-refractivity contribution in [1.29, 1.82) is 0 Å². The molecule has 2 heterocycles. The van der Waals surface area contributed by atoms with Crippen LogP contribution in [0.4, 0.5) is 24.7 Å². The molecule has 0 radical (unpaired) electrons. The van der Waals surface area contributed by atoms with E-state index in [1.54, 1.807) is 12.1 Å². The van der Waals surface area contributed by atoms with E-state index in [-0.39, 0.29) is 23.2 Å². The third-order valence-corrected chi connectivity index (χ3v) is 5.34. The molecule has 1 aliphatic heterocycles. The predicted octanol–water partition coefficient (Wildman–Crippen LogP) is 3.53. The van der Waals surface area contributed by atoms with E-state index in [0.29, 0.717) is 28.5 Å². The fourth-order valence-electron chi connectivity index (χ4n) is 2.60. The van der Waals surface area contributed by atoms with Crippen molar-refractivity contribution in [2.45, 2.75) is 30.0 Å². The number of halogens is 4. The Balaban J connectivity index is 1.83. The zero-order chi connectivity index (χ0) is 20.5. The fraction of sp³-hybridized carbons (Fsp3) is 0.250. The molecule has 12 heteroatoms. The Morgan fingerprint density at radius 2 is 2.04 bits per heavy atom. The Hall–Kier alpha value is -2.18. The van der Waals surface area contributed by atoms with Gasteiger partial charge in [-0.25, -0.2) is 18.5 Å². The summed E-state index contributed by atoms with van der Waals surface area (Å²) >= 11 is 3.21. The van der Waals surface area contributed by atoms with Crippen molar-refractivity contribution in [3.05, 3.63) is 47.7 Å². The standard InChI is InChI=1S/C16H14BrF3N4O3S/c17-14-7-12(27-24-14)5-9-1-3-11(6-13(9)28(21,25)26)23-15-4-2-10(8-22-15)16(18,19)20/h1-4,6,8,12H,5,7H2,(H,22,23)(H2,21,25,26). The molecule has 1 aromatic heterocycles. The smallest absolute Gasteiger partial charge is 0.391 e. The van der Waals surface area contributed by atoms with E-state index in [1.807, 2.05) is 0 Å².